The Kier molecular flexibility index (Phi) is 7.30. The molecule has 5 nitrogen and oxygen atoms in total. The largest absolute Gasteiger partial charge is 0.316 e. The highest BCUT2D eigenvalue weighted by Gasteiger charge is 2.24. The molecule has 0 radical (unpaired) electrons. The van der Waals surface area contributed by atoms with E-state index in [4.69, 9.17) is 11.6 Å². The number of thioether (sulfide) groups is 1. The molecule has 0 bridgehead atoms. The maximum atomic E-state index is 14.2. The molecule has 1 heterocycles. The minimum atomic E-state index is -3.62. The zero-order valence-electron chi connectivity index (χ0n) is 17.7. The van der Waals surface area contributed by atoms with Crippen LogP contribution < -0.4 is 0 Å². The molecular formula is C21H24ClF2N3O2S2. The lowest BCUT2D eigenvalue weighted by Crippen LogP contribution is -2.30. The fourth-order valence-electron chi connectivity index (χ4n) is 3.37. The molecule has 0 amide bonds. The molecule has 0 spiro atoms. The van der Waals surface area contributed by atoms with E-state index in [1.54, 1.807) is 32.0 Å². The highest BCUT2D eigenvalue weighted by atomic mass is 35.5. The minimum Gasteiger partial charge on any atom is -0.316 e. The monoisotopic (exact) mass is 487 g/mol. The number of benzene rings is 2. The van der Waals surface area contributed by atoms with Gasteiger partial charge < -0.3 is 4.57 Å². The molecule has 3 rings (SSSR count). The van der Waals surface area contributed by atoms with Crippen LogP contribution in [0, 0.1) is 11.6 Å². The van der Waals surface area contributed by atoms with Gasteiger partial charge in [-0.2, -0.15) is 4.31 Å². The van der Waals surface area contributed by atoms with Gasteiger partial charge >= 0.3 is 0 Å². The lowest BCUT2D eigenvalue weighted by atomic mass is 10.2. The first-order chi connectivity index (χ1) is 14.6. The van der Waals surface area contributed by atoms with Crippen LogP contribution in [-0.2, 0) is 15.8 Å². The maximum Gasteiger partial charge on any atom is 0.243 e. The Labute approximate surface area is 190 Å². The highest BCUT2D eigenvalue weighted by molar-refractivity contribution is 7.98. The first-order valence-corrected chi connectivity index (χ1v) is 12.7. The van der Waals surface area contributed by atoms with Crippen molar-refractivity contribution >= 4 is 44.4 Å². The molecule has 168 valence electrons. The van der Waals surface area contributed by atoms with Crippen LogP contribution in [0.3, 0.4) is 0 Å². The average molecular weight is 488 g/mol. The van der Waals surface area contributed by atoms with E-state index in [2.05, 4.69) is 4.98 Å². The summed E-state index contributed by atoms with van der Waals surface area (Å²) < 4.78 is 57.0. The van der Waals surface area contributed by atoms with Crippen molar-refractivity contribution in [2.24, 2.45) is 0 Å². The zero-order chi connectivity index (χ0) is 22.9. The average Bonchev–Trinajstić information content (AvgIpc) is 3.09. The summed E-state index contributed by atoms with van der Waals surface area (Å²) in [5, 5.41) is 0.328. The summed E-state index contributed by atoms with van der Waals surface area (Å²) in [7, 11) is -3.62. The quantitative estimate of drug-likeness (QED) is 0.294. The van der Waals surface area contributed by atoms with Crippen molar-refractivity contribution in [1.29, 1.82) is 0 Å². The standard InChI is InChI=1S/C21H24ClF2N3O2S2/c1-5-26(6-2)31(28,29)14-7-10-19-18(11-14)25-21(27(19)13(3)4)30-12-15-16(23)8-9-17(24)20(15)22/h7-11,13H,5-6,12H2,1-4H3. The smallest absolute Gasteiger partial charge is 0.243 e. The Morgan fingerprint density at radius 2 is 1.77 bits per heavy atom. The van der Waals surface area contributed by atoms with Crippen molar-refractivity contribution in [3.63, 3.8) is 0 Å². The summed E-state index contributed by atoms with van der Waals surface area (Å²) in [6.07, 6.45) is 0. The number of aromatic nitrogens is 2. The first kappa shape index (κ1) is 24.0. The molecule has 0 saturated heterocycles. The number of hydrogen-bond donors (Lipinski definition) is 0. The van der Waals surface area contributed by atoms with E-state index >= 15 is 0 Å². The van der Waals surface area contributed by atoms with Crippen molar-refractivity contribution in [1.82, 2.24) is 13.9 Å². The van der Waals surface area contributed by atoms with Crippen molar-refractivity contribution in [3.05, 3.63) is 52.6 Å². The van der Waals surface area contributed by atoms with Gasteiger partial charge in [-0.1, -0.05) is 37.2 Å². The van der Waals surface area contributed by atoms with Gasteiger partial charge in [-0.05, 0) is 44.2 Å². The lowest BCUT2D eigenvalue weighted by molar-refractivity contribution is 0.445. The van der Waals surface area contributed by atoms with Gasteiger partial charge in [0.25, 0.3) is 0 Å². The molecule has 10 heteroatoms. The number of imidazole rings is 1. The van der Waals surface area contributed by atoms with Gasteiger partial charge in [0, 0.05) is 30.4 Å². The van der Waals surface area contributed by atoms with Crippen LogP contribution in [0.1, 0.15) is 39.3 Å². The lowest BCUT2D eigenvalue weighted by Gasteiger charge is -2.18. The molecule has 0 unspecified atom stereocenters. The SMILES string of the molecule is CCN(CC)S(=O)(=O)c1ccc2c(c1)nc(SCc1c(F)ccc(F)c1Cl)n2C(C)C. The summed E-state index contributed by atoms with van der Waals surface area (Å²) >= 11 is 7.17. The fraction of sp³-hybridized carbons (Fsp3) is 0.381. The summed E-state index contributed by atoms with van der Waals surface area (Å²) in [6, 6.07) is 6.93. The van der Waals surface area contributed by atoms with Gasteiger partial charge in [0.05, 0.1) is 21.0 Å². The predicted molar refractivity (Wildman–Crippen MR) is 121 cm³/mol. The number of rotatable bonds is 8. The molecule has 2 aromatic carbocycles. The molecule has 0 aliphatic rings. The van der Waals surface area contributed by atoms with Gasteiger partial charge in [0.15, 0.2) is 5.16 Å². The van der Waals surface area contributed by atoms with Gasteiger partial charge in [-0.25, -0.2) is 22.2 Å². The highest BCUT2D eigenvalue weighted by Crippen LogP contribution is 2.34. The van der Waals surface area contributed by atoms with E-state index in [-0.39, 0.29) is 27.3 Å². The summed E-state index contributed by atoms with van der Waals surface area (Å²) in [5.41, 5.74) is 1.36. The number of halogens is 3. The second-order valence-electron chi connectivity index (χ2n) is 7.21. The number of fused-ring (bicyclic) bond motifs is 1. The first-order valence-electron chi connectivity index (χ1n) is 9.89. The van der Waals surface area contributed by atoms with Crippen molar-refractivity contribution in [2.45, 2.75) is 49.5 Å². The van der Waals surface area contributed by atoms with Crippen LogP contribution in [0.25, 0.3) is 11.0 Å². The Morgan fingerprint density at radius 3 is 2.39 bits per heavy atom. The normalized spacial score (nSPS) is 12.4. The molecule has 0 fully saturated rings. The Bertz CT molecular complexity index is 1210. The van der Waals surface area contributed by atoms with E-state index in [1.807, 2.05) is 18.4 Å². The van der Waals surface area contributed by atoms with Crippen LogP contribution in [0.5, 0.6) is 0 Å². The fourth-order valence-corrected chi connectivity index (χ4v) is 6.31. The van der Waals surface area contributed by atoms with Gasteiger partial charge in [0.2, 0.25) is 10.0 Å². The summed E-state index contributed by atoms with van der Waals surface area (Å²) in [5.74, 6) is -1.18. The third-order valence-corrected chi connectivity index (χ3v) is 8.41. The van der Waals surface area contributed by atoms with Gasteiger partial charge in [0.1, 0.15) is 11.6 Å². The summed E-state index contributed by atoms with van der Waals surface area (Å²) in [6.45, 7) is 8.27. The van der Waals surface area contributed by atoms with Gasteiger partial charge in [-0.3, -0.25) is 0 Å². The van der Waals surface area contributed by atoms with E-state index in [9.17, 15) is 17.2 Å². The Morgan fingerprint density at radius 1 is 1.13 bits per heavy atom. The molecule has 0 atom stereocenters. The van der Waals surface area contributed by atoms with E-state index in [1.165, 1.54) is 16.1 Å². The van der Waals surface area contributed by atoms with Crippen LogP contribution in [0.15, 0.2) is 40.4 Å². The molecule has 1 aromatic heterocycles. The second kappa shape index (κ2) is 9.44. The molecular weight excluding hydrogens is 464 g/mol. The predicted octanol–water partition coefficient (Wildman–Crippen LogP) is 5.87. The molecule has 0 aliphatic carbocycles. The molecule has 31 heavy (non-hydrogen) atoms. The molecule has 3 aromatic rings. The van der Waals surface area contributed by atoms with E-state index in [0.29, 0.717) is 23.8 Å². The third-order valence-electron chi connectivity index (χ3n) is 4.97. The van der Waals surface area contributed by atoms with Crippen LogP contribution in [0.2, 0.25) is 5.02 Å². The Hall–Kier alpha value is -1.68. The van der Waals surface area contributed by atoms with Crippen molar-refractivity contribution < 1.29 is 17.2 Å². The number of hydrogen-bond acceptors (Lipinski definition) is 4. The van der Waals surface area contributed by atoms with E-state index in [0.717, 1.165) is 17.6 Å². The molecule has 0 N–H and O–H groups in total. The number of nitrogens with zero attached hydrogens (tertiary/aromatic N) is 3. The second-order valence-corrected chi connectivity index (χ2v) is 10.5. The minimum absolute atomic E-state index is 0.0190. The van der Waals surface area contributed by atoms with Crippen molar-refractivity contribution in [2.75, 3.05) is 13.1 Å². The topological polar surface area (TPSA) is 55.2 Å². The van der Waals surface area contributed by atoms with E-state index < -0.39 is 21.7 Å². The zero-order valence-corrected chi connectivity index (χ0v) is 20.1. The van der Waals surface area contributed by atoms with Crippen LogP contribution in [-0.4, -0.2) is 35.4 Å². The number of sulfonamides is 1. The van der Waals surface area contributed by atoms with Crippen molar-refractivity contribution in [3.8, 4) is 0 Å². The third kappa shape index (κ3) is 4.60. The Balaban J connectivity index is 2.03. The maximum absolute atomic E-state index is 14.2. The van der Waals surface area contributed by atoms with Crippen LogP contribution in [0.4, 0.5) is 8.78 Å². The summed E-state index contributed by atoms with van der Waals surface area (Å²) in [4.78, 5) is 4.77. The molecule has 0 saturated carbocycles. The van der Waals surface area contributed by atoms with Crippen LogP contribution >= 0.6 is 23.4 Å². The molecule has 0 aliphatic heterocycles. The van der Waals surface area contributed by atoms with Gasteiger partial charge in [-0.15, -0.1) is 0 Å².